The molecule has 0 radical (unpaired) electrons. The van der Waals surface area contributed by atoms with Gasteiger partial charge in [0, 0.05) is 6.54 Å². The Bertz CT molecular complexity index is 413. The van der Waals surface area contributed by atoms with Gasteiger partial charge in [-0.25, -0.2) is 0 Å². The zero-order valence-corrected chi connectivity index (χ0v) is 11.0. The Balaban J connectivity index is 1.74. The molecule has 0 saturated carbocycles. The molecule has 0 aromatic heterocycles. The Morgan fingerprint density at radius 2 is 1.94 bits per heavy atom. The summed E-state index contributed by atoms with van der Waals surface area (Å²) < 4.78 is 10.8. The van der Waals surface area contributed by atoms with Crippen molar-refractivity contribution in [3.8, 4) is 11.5 Å². The van der Waals surface area contributed by atoms with Gasteiger partial charge < -0.3 is 14.4 Å². The summed E-state index contributed by atoms with van der Waals surface area (Å²) in [6.45, 7) is 6.34. The van der Waals surface area contributed by atoms with Crippen LogP contribution in [-0.2, 0) is 0 Å². The van der Waals surface area contributed by atoms with Crippen LogP contribution in [0.2, 0.25) is 0 Å². The summed E-state index contributed by atoms with van der Waals surface area (Å²) >= 11 is 0. The topological polar surface area (TPSA) is 21.7 Å². The van der Waals surface area contributed by atoms with Crippen molar-refractivity contribution in [1.82, 2.24) is 4.90 Å². The molecule has 1 saturated heterocycles. The molecule has 1 unspecified atom stereocenters. The first kappa shape index (κ1) is 11.8. The van der Waals surface area contributed by atoms with Gasteiger partial charge in [0.25, 0.3) is 0 Å². The molecular weight excluding hydrogens is 226 g/mol. The molecule has 1 atom stereocenters. The van der Waals surface area contributed by atoms with Crippen LogP contribution < -0.4 is 9.47 Å². The summed E-state index contributed by atoms with van der Waals surface area (Å²) in [6, 6.07) is 6.40. The minimum Gasteiger partial charge on any atom is -0.454 e. The van der Waals surface area contributed by atoms with E-state index in [0.717, 1.165) is 11.5 Å². The highest BCUT2D eigenvalue weighted by atomic mass is 16.7. The van der Waals surface area contributed by atoms with Gasteiger partial charge in [0.05, 0.1) is 0 Å². The molecular formula is C15H21NO2. The molecule has 2 aliphatic rings. The second-order valence-corrected chi connectivity index (χ2v) is 5.23. The van der Waals surface area contributed by atoms with Crippen LogP contribution in [0.1, 0.15) is 37.7 Å². The van der Waals surface area contributed by atoms with Gasteiger partial charge in [0.15, 0.2) is 11.5 Å². The van der Waals surface area contributed by atoms with Crippen LogP contribution in [0.4, 0.5) is 0 Å². The van der Waals surface area contributed by atoms with E-state index in [1.807, 2.05) is 6.07 Å². The monoisotopic (exact) mass is 247 g/mol. The minimum atomic E-state index is 0.363. The fraction of sp³-hybridized carbons (Fsp3) is 0.600. The lowest BCUT2D eigenvalue weighted by atomic mass is 9.95. The van der Waals surface area contributed by atoms with Gasteiger partial charge in [-0.05, 0) is 56.0 Å². The summed E-state index contributed by atoms with van der Waals surface area (Å²) in [5.74, 6) is 2.40. The number of rotatable bonds is 4. The average Bonchev–Trinajstić information content (AvgIpc) is 3.06. The van der Waals surface area contributed by atoms with Crippen LogP contribution in [0.5, 0.6) is 11.5 Å². The first-order valence-corrected chi connectivity index (χ1v) is 6.98. The fourth-order valence-electron chi connectivity index (χ4n) is 2.91. The molecule has 1 aromatic carbocycles. The van der Waals surface area contributed by atoms with Crippen LogP contribution >= 0.6 is 0 Å². The van der Waals surface area contributed by atoms with Crippen molar-refractivity contribution in [2.75, 3.05) is 26.4 Å². The Hall–Kier alpha value is -1.22. The summed E-state index contributed by atoms with van der Waals surface area (Å²) in [7, 11) is 0. The second kappa shape index (κ2) is 5.19. The number of likely N-dealkylation sites (tertiary alicyclic amines) is 1. The lowest BCUT2D eigenvalue weighted by Crippen LogP contribution is -2.25. The van der Waals surface area contributed by atoms with E-state index in [4.69, 9.17) is 9.47 Å². The van der Waals surface area contributed by atoms with Crippen molar-refractivity contribution in [2.24, 2.45) is 0 Å². The average molecular weight is 247 g/mol. The van der Waals surface area contributed by atoms with Crippen LogP contribution in [0.25, 0.3) is 0 Å². The van der Waals surface area contributed by atoms with Gasteiger partial charge in [-0.15, -0.1) is 0 Å². The third-order valence-corrected chi connectivity index (χ3v) is 4.04. The smallest absolute Gasteiger partial charge is 0.231 e. The van der Waals surface area contributed by atoms with Crippen LogP contribution in [-0.4, -0.2) is 31.3 Å². The van der Waals surface area contributed by atoms with Gasteiger partial charge in [0.1, 0.15) is 0 Å². The SMILES string of the molecule is CCC(CN1CCCC1)c1ccc2c(c1)OCO2. The quantitative estimate of drug-likeness (QED) is 0.816. The molecule has 0 spiro atoms. The number of nitrogens with zero attached hydrogens (tertiary/aromatic N) is 1. The van der Waals surface area contributed by atoms with E-state index in [1.165, 1.54) is 44.5 Å². The van der Waals surface area contributed by atoms with Gasteiger partial charge >= 0.3 is 0 Å². The molecule has 3 nitrogen and oxygen atoms in total. The molecule has 0 aliphatic carbocycles. The van der Waals surface area contributed by atoms with E-state index in [1.54, 1.807) is 0 Å². The largest absolute Gasteiger partial charge is 0.454 e. The third kappa shape index (κ3) is 2.32. The Morgan fingerprint density at radius 1 is 1.17 bits per heavy atom. The summed E-state index contributed by atoms with van der Waals surface area (Å²) in [5.41, 5.74) is 1.38. The number of hydrogen-bond acceptors (Lipinski definition) is 3. The van der Waals surface area contributed by atoms with Gasteiger partial charge in [-0.1, -0.05) is 13.0 Å². The summed E-state index contributed by atoms with van der Waals surface area (Å²) in [5, 5.41) is 0. The van der Waals surface area contributed by atoms with Crippen molar-refractivity contribution in [3.05, 3.63) is 23.8 Å². The number of fused-ring (bicyclic) bond motifs is 1. The first-order chi connectivity index (χ1) is 8.86. The summed E-state index contributed by atoms with van der Waals surface area (Å²) in [4.78, 5) is 2.58. The minimum absolute atomic E-state index is 0.363. The molecule has 0 N–H and O–H groups in total. The Morgan fingerprint density at radius 3 is 2.72 bits per heavy atom. The van der Waals surface area contributed by atoms with E-state index in [-0.39, 0.29) is 0 Å². The van der Waals surface area contributed by atoms with Crippen molar-refractivity contribution in [2.45, 2.75) is 32.1 Å². The third-order valence-electron chi connectivity index (χ3n) is 4.04. The van der Waals surface area contributed by atoms with Crippen molar-refractivity contribution in [1.29, 1.82) is 0 Å². The van der Waals surface area contributed by atoms with Crippen molar-refractivity contribution in [3.63, 3.8) is 0 Å². The number of ether oxygens (including phenoxy) is 2. The second-order valence-electron chi connectivity index (χ2n) is 5.23. The van der Waals surface area contributed by atoms with Gasteiger partial charge in [0.2, 0.25) is 6.79 Å². The van der Waals surface area contributed by atoms with Gasteiger partial charge in [-0.2, -0.15) is 0 Å². The highest BCUT2D eigenvalue weighted by Crippen LogP contribution is 2.35. The lowest BCUT2D eigenvalue weighted by Gasteiger charge is -2.22. The Kier molecular flexibility index (Phi) is 3.41. The van der Waals surface area contributed by atoms with E-state index in [9.17, 15) is 0 Å². The van der Waals surface area contributed by atoms with Gasteiger partial charge in [-0.3, -0.25) is 0 Å². The van der Waals surface area contributed by atoms with E-state index in [0.29, 0.717) is 12.7 Å². The maximum Gasteiger partial charge on any atom is 0.231 e. The summed E-state index contributed by atoms with van der Waals surface area (Å²) in [6.07, 6.45) is 3.89. The van der Waals surface area contributed by atoms with E-state index in [2.05, 4.69) is 24.0 Å². The molecule has 0 bridgehead atoms. The number of hydrogen-bond donors (Lipinski definition) is 0. The molecule has 2 heterocycles. The van der Waals surface area contributed by atoms with Crippen LogP contribution in [0.15, 0.2) is 18.2 Å². The molecule has 18 heavy (non-hydrogen) atoms. The molecule has 3 rings (SSSR count). The molecule has 98 valence electrons. The predicted molar refractivity (Wildman–Crippen MR) is 71.3 cm³/mol. The van der Waals surface area contributed by atoms with Crippen molar-refractivity contribution < 1.29 is 9.47 Å². The highest BCUT2D eigenvalue weighted by molar-refractivity contribution is 5.45. The maximum atomic E-state index is 5.47. The van der Waals surface area contributed by atoms with Crippen LogP contribution in [0, 0.1) is 0 Å². The fourth-order valence-corrected chi connectivity index (χ4v) is 2.91. The van der Waals surface area contributed by atoms with E-state index >= 15 is 0 Å². The standard InChI is InChI=1S/C15H21NO2/c1-2-12(10-16-7-3-4-8-16)13-5-6-14-15(9-13)18-11-17-14/h5-6,9,12H,2-4,7-8,10-11H2,1H3. The molecule has 3 heteroatoms. The molecule has 2 aliphatic heterocycles. The Labute approximate surface area is 109 Å². The zero-order valence-electron chi connectivity index (χ0n) is 11.0. The van der Waals surface area contributed by atoms with Crippen molar-refractivity contribution >= 4 is 0 Å². The van der Waals surface area contributed by atoms with Crippen LogP contribution in [0.3, 0.4) is 0 Å². The lowest BCUT2D eigenvalue weighted by molar-refractivity contribution is 0.174. The van der Waals surface area contributed by atoms with E-state index < -0.39 is 0 Å². The normalized spacial score (nSPS) is 20.3. The molecule has 1 fully saturated rings. The molecule has 0 amide bonds. The first-order valence-electron chi connectivity index (χ1n) is 6.98. The molecule has 1 aromatic rings. The highest BCUT2D eigenvalue weighted by Gasteiger charge is 2.20. The zero-order chi connectivity index (χ0) is 12.4. The predicted octanol–water partition coefficient (Wildman–Crippen LogP) is 3.00. The number of benzene rings is 1. The maximum absolute atomic E-state index is 5.47.